The topological polar surface area (TPSA) is 34.1 Å². The van der Waals surface area contributed by atoms with Gasteiger partial charge in [-0.15, -0.1) is 22.7 Å². The van der Waals surface area contributed by atoms with E-state index in [1.165, 1.54) is 22.7 Å². The fourth-order valence-corrected chi connectivity index (χ4v) is 3.75. The number of ketones is 2. The lowest BCUT2D eigenvalue weighted by Gasteiger charge is -1.96. The molecule has 2 aromatic heterocycles. The first kappa shape index (κ1) is 13.2. The van der Waals surface area contributed by atoms with E-state index in [1.54, 1.807) is 6.07 Å². The molecule has 0 aliphatic heterocycles. The lowest BCUT2D eigenvalue weighted by atomic mass is 10.1. The Labute approximate surface area is 124 Å². The Balaban J connectivity index is 1.68. The minimum Gasteiger partial charge on any atom is -0.293 e. The minimum atomic E-state index is 0.0504. The van der Waals surface area contributed by atoms with Crippen LogP contribution >= 0.6 is 22.7 Å². The van der Waals surface area contributed by atoms with Gasteiger partial charge in [0, 0.05) is 17.5 Å². The van der Waals surface area contributed by atoms with E-state index in [-0.39, 0.29) is 24.4 Å². The number of fused-ring (bicyclic) bond motifs is 1. The standard InChI is InChI=1S/C16H12O2S2/c17-12(15-6-3-9-19-15)7-8-13(18)16-10-11-4-1-2-5-14(11)20-16/h1-6,9-10H,7-8H2. The van der Waals surface area contributed by atoms with Crippen LogP contribution in [0.4, 0.5) is 0 Å². The Morgan fingerprint density at radius 3 is 2.35 bits per heavy atom. The predicted octanol–water partition coefficient (Wildman–Crippen LogP) is 4.81. The SMILES string of the molecule is O=C(CCC(=O)c1cc2ccccc2s1)c1cccs1. The average molecular weight is 300 g/mol. The molecule has 0 fully saturated rings. The van der Waals surface area contributed by atoms with Crippen LogP contribution in [-0.4, -0.2) is 11.6 Å². The first-order chi connectivity index (χ1) is 9.74. The predicted molar refractivity (Wildman–Crippen MR) is 84.0 cm³/mol. The fraction of sp³-hybridized carbons (Fsp3) is 0.125. The molecule has 1 aromatic carbocycles. The molecule has 0 atom stereocenters. The first-order valence-electron chi connectivity index (χ1n) is 6.32. The molecule has 100 valence electrons. The normalized spacial score (nSPS) is 10.8. The highest BCUT2D eigenvalue weighted by Crippen LogP contribution is 2.26. The average Bonchev–Trinajstić information content (AvgIpc) is 3.12. The molecular weight excluding hydrogens is 288 g/mol. The van der Waals surface area contributed by atoms with E-state index >= 15 is 0 Å². The molecule has 0 bridgehead atoms. The maximum Gasteiger partial charge on any atom is 0.173 e. The molecule has 0 aliphatic carbocycles. The van der Waals surface area contributed by atoms with Crippen molar-refractivity contribution in [2.45, 2.75) is 12.8 Å². The van der Waals surface area contributed by atoms with Gasteiger partial charge in [0.25, 0.3) is 0 Å². The third-order valence-electron chi connectivity index (χ3n) is 3.08. The molecule has 3 rings (SSSR count). The summed E-state index contributed by atoms with van der Waals surface area (Å²) < 4.78 is 1.11. The maximum absolute atomic E-state index is 12.1. The van der Waals surface area contributed by atoms with Gasteiger partial charge in [0.15, 0.2) is 11.6 Å². The van der Waals surface area contributed by atoms with Gasteiger partial charge < -0.3 is 0 Å². The zero-order valence-electron chi connectivity index (χ0n) is 10.7. The van der Waals surface area contributed by atoms with E-state index < -0.39 is 0 Å². The van der Waals surface area contributed by atoms with Crippen LogP contribution in [0.2, 0.25) is 0 Å². The molecule has 0 aliphatic rings. The van der Waals surface area contributed by atoms with E-state index in [2.05, 4.69) is 0 Å². The van der Waals surface area contributed by atoms with Crippen LogP contribution in [0.15, 0.2) is 47.8 Å². The maximum atomic E-state index is 12.1. The second-order valence-electron chi connectivity index (χ2n) is 4.47. The van der Waals surface area contributed by atoms with Gasteiger partial charge in [-0.2, -0.15) is 0 Å². The largest absolute Gasteiger partial charge is 0.293 e. The quantitative estimate of drug-likeness (QED) is 0.634. The van der Waals surface area contributed by atoms with Crippen molar-refractivity contribution in [3.8, 4) is 0 Å². The zero-order chi connectivity index (χ0) is 13.9. The van der Waals surface area contributed by atoms with Gasteiger partial charge in [-0.1, -0.05) is 24.3 Å². The summed E-state index contributed by atoms with van der Waals surface area (Å²) in [7, 11) is 0. The molecule has 0 radical (unpaired) electrons. The van der Waals surface area contributed by atoms with Crippen LogP contribution in [0.25, 0.3) is 10.1 Å². The van der Waals surface area contributed by atoms with E-state index in [0.29, 0.717) is 0 Å². The van der Waals surface area contributed by atoms with Crippen molar-refractivity contribution in [1.29, 1.82) is 0 Å². The van der Waals surface area contributed by atoms with Crippen molar-refractivity contribution in [2.24, 2.45) is 0 Å². The summed E-state index contributed by atoms with van der Waals surface area (Å²) in [5.74, 6) is 0.102. The van der Waals surface area contributed by atoms with Crippen molar-refractivity contribution in [2.75, 3.05) is 0 Å². The molecule has 0 saturated carbocycles. The Morgan fingerprint density at radius 1 is 0.900 bits per heavy atom. The number of Topliss-reactive ketones (excluding diaryl/α,β-unsaturated/α-hetero) is 2. The number of benzene rings is 1. The summed E-state index contributed by atoms with van der Waals surface area (Å²) >= 11 is 2.92. The lowest BCUT2D eigenvalue weighted by Crippen LogP contribution is -2.02. The zero-order valence-corrected chi connectivity index (χ0v) is 12.3. The molecule has 0 spiro atoms. The first-order valence-corrected chi connectivity index (χ1v) is 8.02. The van der Waals surface area contributed by atoms with Crippen molar-refractivity contribution in [3.63, 3.8) is 0 Å². The number of carbonyl (C=O) groups is 2. The molecule has 0 amide bonds. The number of hydrogen-bond acceptors (Lipinski definition) is 4. The van der Waals surface area contributed by atoms with Gasteiger partial charge in [-0.3, -0.25) is 9.59 Å². The number of thiophene rings is 2. The summed E-state index contributed by atoms with van der Waals surface area (Å²) in [6.45, 7) is 0. The van der Waals surface area contributed by atoms with Gasteiger partial charge in [-0.25, -0.2) is 0 Å². The highest BCUT2D eigenvalue weighted by Gasteiger charge is 2.13. The minimum absolute atomic E-state index is 0.0504. The van der Waals surface area contributed by atoms with Crippen molar-refractivity contribution in [1.82, 2.24) is 0 Å². The van der Waals surface area contributed by atoms with E-state index in [1.807, 2.05) is 41.8 Å². The van der Waals surface area contributed by atoms with Crippen LogP contribution in [-0.2, 0) is 0 Å². The van der Waals surface area contributed by atoms with Gasteiger partial charge in [0.05, 0.1) is 9.75 Å². The molecule has 0 saturated heterocycles. The van der Waals surface area contributed by atoms with E-state index in [4.69, 9.17) is 0 Å². The van der Waals surface area contributed by atoms with Crippen molar-refractivity contribution >= 4 is 44.3 Å². The van der Waals surface area contributed by atoms with E-state index in [0.717, 1.165) is 19.8 Å². The number of hydrogen-bond donors (Lipinski definition) is 0. The third-order valence-corrected chi connectivity index (χ3v) is 5.14. The van der Waals surface area contributed by atoms with Crippen molar-refractivity contribution in [3.05, 3.63) is 57.6 Å². The van der Waals surface area contributed by atoms with Gasteiger partial charge >= 0.3 is 0 Å². The molecule has 0 N–H and O–H groups in total. The molecule has 4 heteroatoms. The summed E-state index contributed by atoms with van der Waals surface area (Å²) in [6.07, 6.45) is 0.567. The third kappa shape index (κ3) is 2.71. The second-order valence-corrected chi connectivity index (χ2v) is 6.50. The molecule has 20 heavy (non-hydrogen) atoms. The lowest BCUT2D eigenvalue weighted by molar-refractivity contribution is 0.0921. The highest BCUT2D eigenvalue weighted by molar-refractivity contribution is 7.20. The number of carbonyl (C=O) groups excluding carboxylic acids is 2. The highest BCUT2D eigenvalue weighted by atomic mass is 32.1. The molecule has 0 unspecified atom stereocenters. The summed E-state index contributed by atoms with van der Waals surface area (Å²) in [6, 6.07) is 13.5. The van der Waals surface area contributed by atoms with Crippen LogP contribution in [0.3, 0.4) is 0 Å². The Bertz CT molecular complexity index is 721. The molecule has 2 nitrogen and oxygen atoms in total. The van der Waals surface area contributed by atoms with Crippen LogP contribution in [0.1, 0.15) is 32.2 Å². The summed E-state index contributed by atoms with van der Waals surface area (Å²) in [5.41, 5.74) is 0. The van der Waals surface area contributed by atoms with Crippen LogP contribution < -0.4 is 0 Å². The van der Waals surface area contributed by atoms with Crippen molar-refractivity contribution < 1.29 is 9.59 Å². The van der Waals surface area contributed by atoms with Gasteiger partial charge in [0.1, 0.15) is 0 Å². The fourth-order valence-electron chi connectivity index (χ4n) is 2.03. The molecule has 2 heterocycles. The Kier molecular flexibility index (Phi) is 3.76. The van der Waals surface area contributed by atoms with Gasteiger partial charge in [-0.05, 0) is 29.0 Å². The molecule has 3 aromatic rings. The molecular formula is C16H12O2S2. The summed E-state index contributed by atoms with van der Waals surface area (Å²) in [4.78, 5) is 25.5. The summed E-state index contributed by atoms with van der Waals surface area (Å²) in [5, 5.41) is 2.96. The van der Waals surface area contributed by atoms with Crippen LogP contribution in [0, 0.1) is 0 Å². The Hall–Kier alpha value is -1.78. The smallest absolute Gasteiger partial charge is 0.173 e. The van der Waals surface area contributed by atoms with Crippen LogP contribution in [0.5, 0.6) is 0 Å². The van der Waals surface area contributed by atoms with E-state index in [9.17, 15) is 9.59 Å². The monoisotopic (exact) mass is 300 g/mol. The number of rotatable bonds is 5. The Morgan fingerprint density at radius 2 is 1.65 bits per heavy atom. The van der Waals surface area contributed by atoms with Gasteiger partial charge in [0.2, 0.25) is 0 Å². The second kappa shape index (κ2) is 5.69.